The first-order valence-corrected chi connectivity index (χ1v) is 9.96. The van der Waals surface area contributed by atoms with E-state index in [1.165, 1.54) is 5.56 Å². The first-order chi connectivity index (χ1) is 13.1. The van der Waals surface area contributed by atoms with Crippen molar-refractivity contribution in [2.45, 2.75) is 43.9 Å². The molecule has 0 amide bonds. The van der Waals surface area contributed by atoms with Crippen LogP contribution in [0, 0.1) is 0 Å². The van der Waals surface area contributed by atoms with Gasteiger partial charge in [0.15, 0.2) is 0 Å². The number of ether oxygens (including phenoxy) is 1. The van der Waals surface area contributed by atoms with Crippen molar-refractivity contribution in [2.24, 2.45) is 0 Å². The van der Waals surface area contributed by atoms with Crippen molar-refractivity contribution in [1.82, 2.24) is 20.1 Å². The van der Waals surface area contributed by atoms with Gasteiger partial charge in [0.25, 0.3) is 0 Å². The number of hydrogen-bond donors (Lipinski definition) is 2. The van der Waals surface area contributed by atoms with Crippen LogP contribution in [-0.4, -0.2) is 65.0 Å². The molecule has 2 saturated heterocycles. The largest absolute Gasteiger partial charge is 0.380 e. The smallest absolute Gasteiger partial charge is 0.246 e. The molecule has 0 saturated carbocycles. The Labute approximate surface area is 164 Å². The van der Waals surface area contributed by atoms with Gasteiger partial charge < -0.3 is 15.4 Å². The van der Waals surface area contributed by atoms with Crippen molar-refractivity contribution in [3.63, 3.8) is 0 Å². The van der Waals surface area contributed by atoms with Crippen LogP contribution < -0.4 is 10.6 Å². The van der Waals surface area contributed by atoms with Gasteiger partial charge in [0.05, 0.1) is 6.10 Å². The molecule has 1 aromatic carbocycles. The zero-order chi connectivity index (χ0) is 18.8. The zero-order valence-electron chi connectivity index (χ0n) is 15.6. The van der Waals surface area contributed by atoms with E-state index in [1.807, 2.05) is 19.2 Å². The van der Waals surface area contributed by atoms with Crippen LogP contribution in [0.3, 0.4) is 0 Å². The maximum atomic E-state index is 6.03. The number of nitrogens with two attached hydrogens (primary N) is 1. The summed E-state index contributed by atoms with van der Waals surface area (Å²) in [6.07, 6.45) is 4.63. The molecule has 0 aliphatic carbocycles. The van der Waals surface area contributed by atoms with Crippen molar-refractivity contribution in [1.29, 1.82) is 0 Å². The van der Waals surface area contributed by atoms with Crippen LogP contribution in [-0.2, 0) is 11.2 Å². The second-order valence-electron chi connectivity index (χ2n) is 7.51. The van der Waals surface area contributed by atoms with Gasteiger partial charge in [-0.25, -0.2) is 5.10 Å². The number of piperidine rings is 1. The topological polar surface area (TPSA) is 83.3 Å². The normalized spacial score (nSPS) is 24.6. The van der Waals surface area contributed by atoms with Crippen LogP contribution in [0.15, 0.2) is 24.3 Å². The third-order valence-corrected chi connectivity index (χ3v) is 6.10. The van der Waals surface area contributed by atoms with Crippen LogP contribution in [0.4, 0.5) is 11.9 Å². The number of aromatic amines is 1. The first kappa shape index (κ1) is 18.5. The molecule has 7 nitrogen and oxygen atoms in total. The average molecular weight is 391 g/mol. The molecule has 4 rings (SSSR count). The van der Waals surface area contributed by atoms with Crippen molar-refractivity contribution in [2.75, 3.05) is 37.4 Å². The highest BCUT2D eigenvalue weighted by molar-refractivity contribution is 6.30. The summed E-state index contributed by atoms with van der Waals surface area (Å²) in [5.74, 6) is 1.08. The summed E-state index contributed by atoms with van der Waals surface area (Å²) in [5.41, 5.74) is 6.99. The van der Waals surface area contributed by atoms with Crippen molar-refractivity contribution in [3.05, 3.63) is 34.9 Å². The summed E-state index contributed by atoms with van der Waals surface area (Å²) < 4.78 is 5.70. The Morgan fingerprint density at radius 1 is 1.26 bits per heavy atom. The number of H-pyrrole nitrogens is 1. The number of methoxy groups -OCH3 is 1. The van der Waals surface area contributed by atoms with Crippen LogP contribution in [0.2, 0.25) is 5.02 Å². The number of nitrogen functional groups attached to an aromatic ring is 1. The van der Waals surface area contributed by atoms with Crippen molar-refractivity contribution >= 4 is 23.5 Å². The maximum Gasteiger partial charge on any atom is 0.246 e. The van der Waals surface area contributed by atoms with Crippen LogP contribution in [0.1, 0.15) is 24.8 Å². The molecule has 1 unspecified atom stereocenters. The summed E-state index contributed by atoms with van der Waals surface area (Å²) in [5, 5.41) is 7.70. The summed E-state index contributed by atoms with van der Waals surface area (Å²) in [7, 11) is 1.82. The van der Waals surface area contributed by atoms with Gasteiger partial charge in [-0.05, 0) is 43.4 Å². The van der Waals surface area contributed by atoms with E-state index in [1.54, 1.807) is 0 Å². The van der Waals surface area contributed by atoms with Gasteiger partial charge in [-0.1, -0.05) is 23.7 Å². The molecule has 1 aromatic heterocycles. The Morgan fingerprint density at radius 3 is 2.63 bits per heavy atom. The van der Waals surface area contributed by atoms with Gasteiger partial charge in [-0.2, -0.15) is 4.98 Å². The third kappa shape index (κ3) is 4.20. The van der Waals surface area contributed by atoms with Gasteiger partial charge >= 0.3 is 0 Å². The highest BCUT2D eigenvalue weighted by Crippen LogP contribution is 2.30. The van der Waals surface area contributed by atoms with E-state index < -0.39 is 0 Å². The van der Waals surface area contributed by atoms with Crippen LogP contribution in [0.5, 0.6) is 0 Å². The fourth-order valence-electron chi connectivity index (χ4n) is 4.41. The van der Waals surface area contributed by atoms with E-state index in [4.69, 9.17) is 22.1 Å². The van der Waals surface area contributed by atoms with E-state index in [2.05, 4.69) is 37.1 Å². The minimum Gasteiger partial charge on any atom is -0.380 e. The maximum absolute atomic E-state index is 6.03. The molecule has 2 aromatic rings. The lowest BCUT2D eigenvalue weighted by molar-refractivity contribution is 0.0945. The number of benzene rings is 1. The summed E-state index contributed by atoms with van der Waals surface area (Å²) in [6.45, 7) is 2.90. The van der Waals surface area contributed by atoms with E-state index in [0.717, 1.165) is 50.3 Å². The monoisotopic (exact) mass is 390 g/mol. The van der Waals surface area contributed by atoms with Crippen LogP contribution in [0.25, 0.3) is 0 Å². The number of anilines is 2. The molecule has 0 radical (unpaired) electrons. The molecule has 27 heavy (non-hydrogen) atoms. The van der Waals surface area contributed by atoms with Gasteiger partial charge in [0.2, 0.25) is 11.9 Å². The van der Waals surface area contributed by atoms with Gasteiger partial charge in [0, 0.05) is 43.9 Å². The predicted octanol–water partition coefficient (Wildman–Crippen LogP) is 2.34. The SMILES string of the molecule is COC1C[C@H](Cc2ccc(Cl)cc2)N(C2CCN(c3n[nH]c(N)n3)CC2)C1. The molecule has 0 bridgehead atoms. The lowest BCUT2D eigenvalue weighted by Crippen LogP contribution is -2.47. The number of rotatable bonds is 5. The summed E-state index contributed by atoms with van der Waals surface area (Å²) >= 11 is 6.03. The summed E-state index contributed by atoms with van der Waals surface area (Å²) in [4.78, 5) is 9.12. The van der Waals surface area contributed by atoms with Gasteiger partial charge in [-0.15, -0.1) is 5.10 Å². The molecule has 8 heteroatoms. The molecule has 3 N–H and O–H groups in total. The number of halogens is 1. The van der Waals surface area contributed by atoms with E-state index in [9.17, 15) is 0 Å². The van der Waals surface area contributed by atoms with E-state index >= 15 is 0 Å². The molecule has 2 atom stereocenters. The highest BCUT2D eigenvalue weighted by atomic mass is 35.5. The Morgan fingerprint density at radius 2 is 2.00 bits per heavy atom. The highest BCUT2D eigenvalue weighted by Gasteiger charge is 2.38. The molecule has 2 fully saturated rings. The molecule has 0 spiro atoms. The Bertz CT molecular complexity index is 743. The molecule has 2 aliphatic heterocycles. The Hall–Kier alpha value is -1.83. The number of hydrogen-bond acceptors (Lipinski definition) is 6. The molecular weight excluding hydrogens is 364 g/mol. The first-order valence-electron chi connectivity index (χ1n) is 9.58. The number of likely N-dealkylation sites (tertiary alicyclic amines) is 1. The average Bonchev–Trinajstić information content (AvgIpc) is 3.30. The number of nitrogens with zero attached hydrogens (tertiary/aromatic N) is 4. The van der Waals surface area contributed by atoms with Gasteiger partial charge in [0.1, 0.15) is 0 Å². The molecular formula is C19H27ClN6O. The second kappa shape index (κ2) is 8.04. The minimum atomic E-state index is 0.313. The Kier molecular flexibility index (Phi) is 5.52. The zero-order valence-corrected chi connectivity index (χ0v) is 16.4. The third-order valence-electron chi connectivity index (χ3n) is 5.84. The van der Waals surface area contributed by atoms with Gasteiger partial charge in [-0.3, -0.25) is 4.90 Å². The minimum absolute atomic E-state index is 0.313. The standard InChI is InChI=1S/C19H27ClN6O/c1-27-17-11-16(10-13-2-4-14(20)5-3-13)26(12-17)15-6-8-25(9-7-15)19-22-18(21)23-24-19/h2-5,15-17H,6-12H2,1H3,(H3,21,22,23,24)/t16-,17?/m0/s1. The summed E-state index contributed by atoms with van der Waals surface area (Å²) in [6, 6.07) is 9.30. The molecule has 3 heterocycles. The lowest BCUT2D eigenvalue weighted by Gasteiger charge is -2.39. The fourth-order valence-corrected chi connectivity index (χ4v) is 4.54. The van der Waals surface area contributed by atoms with E-state index in [0.29, 0.717) is 30.1 Å². The van der Waals surface area contributed by atoms with E-state index in [-0.39, 0.29) is 0 Å². The van der Waals surface area contributed by atoms with Crippen molar-refractivity contribution < 1.29 is 4.74 Å². The lowest BCUT2D eigenvalue weighted by atomic mass is 9.99. The fraction of sp³-hybridized carbons (Fsp3) is 0.579. The van der Waals surface area contributed by atoms with Crippen molar-refractivity contribution in [3.8, 4) is 0 Å². The second-order valence-corrected chi connectivity index (χ2v) is 7.95. The number of nitrogens with one attached hydrogen (secondary N) is 1. The number of aromatic nitrogens is 3. The molecule has 146 valence electrons. The predicted molar refractivity (Wildman–Crippen MR) is 107 cm³/mol. The molecule has 2 aliphatic rings. The quantitative estimate of drug-likeness (QED) is 0.815. The Balaban J connectivity index is 1.40. The van der Waals surface area contributed by atoms with Crippen LogP contribution >= 0.6 is 11.6 Å².